The molecular weight excluding hydrogens is 348 g/mol. The van der Waals surface area contributed by atoms with Crippen LogP contribution in [0.5, 0.6) is 5.75 Å². The van der Waals surface area contributed by atoms with Crippen LogP contribution in [0.2, 0.25) is 0 Å². The van der Waals surface area contributed by atoms with Gasteiger partial charge in [-0.2, -0.15) is 4.98 Å². The van der Waals surface area contributed by atoms with Crippen molar-refractivity contribution in [1.82, 2.24) is 20.4 Å². The maximum atomic E-state index is 12.2. The van der Waals surface area contributed by atoms with Crippen LogP contribution in [-0.2, 0) is 4.74 Å². The van der Waals surface area contributed by atoms with Crippen LogP contribution in [0.1, 0.15) is 31.0 Å². The van der Waals surface area contributed by atoms with Crippen LogP contribution in [0, 0.1) is 0 Å². The van der Waals surface area contributed by atoms with E-state index in [4.69, 9.17) is 14.0 Å². The van der Waals surface area contributed by atoms with E-state index in [-0.39, 0.29) is 17.9 Å². The molecule has 0 radical (unpaired) electrons. The number of benzene rings is 1. The summed E-state index contributed by atoms with van der Waals surface area (Å²) in [7, 11) is 0. The van der Waals surface area contributed by atoms with Gasteiger partial charge in [0, 0.05) is 25.2 Å². The van der Waals surface area contributed by atoms with Crippen LogP contribution >= 0.6 is 0 Å². The zero-order valence-corrected chi connectivity index (χ0v) is 15.8. The molecule has 0 aliphatic carbocycles. The van der Waals surface area contributed by atoms with E-state index in [1.165, 1.54) is 0 Å². The molecule has 2 heterocycles. The van der Waals surface area contributed by atoms with Gasteiger partial charge in [-0.05, 0) is 51.1 Å². The lowest BCUT2D eigenvalue weighted by Gasteiger charge is -2.26. The Balaban J connectivity index is 1.47. The van der Waals surface area contributed by atoms with Crippen molar-refractivity contribution >= 4 is 5.91 Å². The van der Waals surface area contributed by atoms with Gasteiger partial charge in [0.2, 0.25) is 5.82 Å². The van der Waals surface area contributed by atoms with E-state index in [0.717, 1.165) is 50.6 Å². The number of nitrogens with one attached hydrogen (secondary N) is 1. The van der Waals surface area contributed by atoms with Gasteiger partial charge < -0.3 is 19.3 Å². The molecular formula is C19H26N4O4. The smallest absolute Gasteiger partial charge is 0.316 e. The van der Waals surface area contributed by atoms with E-state index in [1.807, 2.05) is 38.1 Å². The Morgan fingerprint density at radius 1 is 1.26 bits per heavy atom. The molecule has 1 aromatic heterocycles. The fourth-order valence-electron chi connectivity index (χ4n) is 2.79. The predicted octanol–water partition coefficient (Wildman–Crippen LogP) is 1.98. The van der Waals surface area contributed by atoms with Crippen molar-refractivity contribution in [2.24, 2.45) is 0 Å². The summed E-state index contributed by atoms with van der Waals surface area (Å²) in [6.07, 6.45) is 0.976. The predicted molar refractivity (Wildman–Crippen MR) is 99.7 cm³/mol. The lowest BCUT2D eigenvalue weighted by molar-refractivity contribution is 0.0374. The molecule has 8 nitrogen and oxygen atoms in total. The maximum Gasteiger partial charge on any atom is 0.316 e. The number of rotatable bonds is 8. The van der Waals surface area contributed by atoms with E-state index >= 15 is 0 Å². The third-order valence-electron chi connectivity index (χ3n) is 4.14. The van der Waals surface area contributed by atoms with Crippen molar-refractivity contribution < 1.29 is 18.8 Å². The van der Waals surface area contributed by atoms with Gasteiger partial charge in [-0.1, -0.05) is 5.16 Å². The Morgan fingerprint density at radius 3 is 2.70 bits per heavy atom. The second-order valence-electron chi connectivity index (χ2n) is 6.68. The molecule has 3 rings (SSSR count). The second-order valence-corrected chi connectivity index (χ2v) is 6.68. The summed E-state index contributed by atoms with van der Waals surface area (Å²) in [5.41, 5.74) is 0.765. The number of hydrogen-bond donors (Lipinski definition) is 1. The first-order valence-corrected chi connectivity index (χ1v) is 9.31. The van der Waals surface area contributed by atoms with Gasteiger partial charge in [0.15, 0.2) is 0 Å². The Morgan fingerprint density at radius 2 is 2.00 bits per heavy atom. The van der Waals surface area contributed by atoms with Crippen LogP contribution in [0.3, 0.4) is 0 Å². The highest BCUT2D eigenvalue weighted by atomic mass is 16.5. The fraction of sp³-hybridized carbons (Fsp3) is 0.526. The van der Waals surface area contributed by atoms with E-state index in [0.29, 0.717) is 12.4 Å². The molecule has 0 unspecified atom stereocenters. The molecule has 1 aliphatic rings. The Kier molecular flexibility index (Phi) is 6.78. The average molecular weight is 374 g/mol. The van der Waals surface area contributed by atoms with Crippen LogP contribution in [-0.4, -0.2) is 66.4 Å². The molecule has 0 saturated carbocycles. The number of ether oxygens (including phenoxy) is 2. The highest BCUT2D eigenvalue weighted by molar-refractivity contribution is 5.89. The number of morpholine rings is 1. The minimum atomic E-state index is -0.351. The standard InChI is InChI=1S/C19H26N4O4/c1-14(2)26-16-6-4-15(5-7-16)17-21-19(27-22-17)18(24)20-8-3-9-23-10-12-25-13-11-23/h4-7,14H,3,8-13H2,1-2H3,(H,20,24). The van der Waals surface area contributed by atoms with Crippen molar-refractivity contribution in [2.45, 2.75) is 26.4 Å². The van der Waals surface area contributed by atoms with Crippen molar-refractivity contribution in [3.05, 3.63) is 30.2 Å². The molecule has 27 heavy (non-hydrogen) atoms. The monoisotopic (exact) mass is 374 g/mol. The number of carbonyl (C=O) groups is 1. The van der Waals surface area contributed by atoms with Crippen LogP contribution < -0.4 is 10.1 Å². The summed E-state index contributed by atoms with van der Waals surface area (Å²) >= 11 is 0. The summed E-state index contributed by atoms with van der Waals surface area (Å²) < 4.78 is 16.0. The van der Waals surface area contributed by atoms with Crippen molar-refractivity contribution in [1.29, 1.82) is 0 Å². The lowest BCUT2D eigenvalue weighted by atomic mass is 10.2. The Bertz CT molecular complexity index is 724. The van der Waals surface area contributed by atoms with E-state index in [9.17, 15) is 4.79 Å². The number of hydrogen-bond acceptors (Lipinski definition) is 7. The first kappa shape index (κ1) is 19.3. The van der Waals surface area contributed by atoms with E-state index in [2.05, 4.69) is 20.4 Å². The number of aromatic nitrogens is 2. The molecule has 0 atom stereocenters. The van der Waals surface area contributed by atoms with Crippen LogP contribution in [0.15, 0.2) is 28.8 Å². The maximum absolute atomic E-state index is 12.2. The summed E-state index contributed by atoms with van der Waals surface area (Å²) in [6, 6.07) is 7.37. The van der Waals surface area contributed by atoms with Gasteiger partial charge in [-0.25, -0.2) is 0 Å². The van der Waals surface area contributed by atoms with Gasteiger partial charge in [-0.3, -0.25) is 9.69 Å². The SMILES string of the molecule is CC(C)Oc1ccc(-c2noc(C(=O)NCCCN3CCOCC3)n2)cc1. The third kappa shape index (κ3) is 5.77. The molecule has 1 aliphatic heterocycles. The summed E-state index contributed by atoms with van der Waals surface area (Å²) in [5.74, 6) is 0.773. The molecule has 1 fully saturated rings. The molecule has 0 spiro atoms. The number of carbonyl (C=O) groups excluding carboxylic acids is 1. The van der Waals surface area contributed by atoms with E-state index < -0.39 is 0 Å². The quantitative estimate of drug-likeness (QED) is 0.707. The van der Waals surface area contributed by atoms with Crippen molar-refractivity contribution in [3.63, 3.8) is 0 Å². The first-order chi connectivity index (χ1) is 13.1. The topological polar surface area (TPSA) is 89.7 Å². The number of nitrogens with zero attached hydrogens (tertiary/aromatic N) is 3. The van der Waals surface area contributed by atoms with Crippen LogP contribution in [0.4, 0.5) is 0 Å². The van der Waals surface area contributed by atoms with Crippen molar-refractivity contribution in [3.8, 4) is 17.1 Å². The summed E-state index contributed by atoms with van der Waals surface area (Å²) in [6.45, 7) is 8.89. The zero-order chi connectivity index (χ0) is 19.1. The molecule has 146 valence electrons. The van der Waals surface area contributed by atoms with Gasteiger partial charge in [0.25, 0.3) is 0 Å². The Labute approximate surface area is 158 Å². The van der Waals surface area contributed by atoms with Crippen molar-refractivity contribution in [2.75, 3.05) is 39.4 Å². The molecule has 2 aromatic rings. The third-order valence-corrected chi connectivity index (χ3v) is 4.14. The van der Waals surface area contributed by atoms with Gasteiger partial charge >= 0.3 is 11.8 Å². The van der Waals surface area contributed by atoms with Crippen LogP contribution in [0.25, 0.3) is 11.4 Å². The van der Waals surface area contributed by atoms with Gasteiger partial charge in [0.05, 0.1) is 19.3 Å². The van der Waals surface area contributed by atoms with Gasteiger partial charge in [0.1, 0.15) is 5.75 Å². The molecule has 1 N–H and O–H groups in total. The highest BCUT2D eigenvalue weighted by Crippen LogP contribution is 2.20. The second kappa shape index (κ2) is 9.48. The summed E-state index contributed by atoms with van der Waals surface area (Å²) in [4.78, 5) is 18.7. The molecule has 1 aromatic carbocycles. The average Bonchev–Trinajstić information content (AvgIpc) is 3.16. The van der Waals surface area contributed by atoms with Gasteiger partial charge in [-0.15, -0.1) is 0 Å². The molecule has 1 saturated heterocycles. The highest BCUT2D eigenvalue weighted by Gasteiger charge is 2.16. The lowest BCUT2D eigenvalue weighted by Crippen LogP contribution is -2.38. The normalized spacial score (nSPS) is 15.1. The largest absolute Gasteiger partial charge is 0.491 e. The zero-order valence-electron chi connectivity index (χ0n) is 15.8. The molecule has 8 heteroatoms. The molecule has 1 amide bonds. The van der Waals surface area contributed by atoms with E-state index in [1.54, 1.807) is 0 Å². The number of amides is 1. The fourth-order valence-corrected chi connectivity index (χ4v) is 2.79. The Hall–Kier alpha value is -2.45. The minimum absolute atomic E-state index is 0.0288. The summed E-state index contributed by atoms with van der Waals surface area (Å²) in [5, 5.41) is 6.71. The molecule has 0 bridgehead atoms. The minimum Gasteiger partial charge on any atom is -0.491 e. The first-order valence-electron chi connectivity index (χ1n) is 9.31.